The summed E-state index contributed by atoms with van der Waals surface area (Å²) in [5.41, 5.74) is 1.71. The zero-order valence-corrected chi connectivity index (χ0v) is 15.9. The third kappa shape index (κ3) is 2.54. The summed E-state index contributed by atoms with van der Waals surface area (Å²) in [5, 5.41) is -1.31. The molecule has 0 heterocycles. The van der Waals surface area contributed by atoms with Crippen molar-refractivity contribution in [2.45, 2.75) is 51.9 Å². The van der Waals surface area contributed by atoms with Crippen LogP contribution in [0.25, 0.3) is 11.1 Å². The number of hydrogen-bond donors (Lipinski definition) is 0. The third-order valence-electron chi connectivity index (χ3n) is 4.86. The summed E-state index contributed by atoms with van der Waals surface area (Å²) in [4.78, 5) is 28.6. The van der Waals surface area contributed by atoms with Crippen LogP contribution in [0, 0.1) is 0 Å². The summed E-state index contributed by atoms with van der Waals surface area (Å²) in [6.45, 7) is 10.8. The molecule has 0 aliphatic heterocycles. The summed E-state index contributed by atoms with van der Waals surface area (Å²) >= 11 is 0. The maximum atomic E-state index is 14.3. The molecule has 23 heavy (non-hydrogen) atoms. The summed E-state index contributed by atoms with van der Waals surface area (Å²) in [7, 11) is -4.76. The standard InChI is InChI=1S/C20H27O2P/c1-19(2,3)23(21,22,20(4,5)6)18-15-11-10-14-17(18)16-12-8-7-9-13-16/h7-15H,1-6H3/q-2. The fourth-order valence-electron chi connectivity index (χ4n) is 3.42. The van der Waals surface area contributed by atoms with Gasteiger partial charge in [-0.25, -0.2) is 0 Å². The second kappa shape index (κ2) is 5.41. The Bertz CT molecular complexity index is 674. The minimum absolute atomic E-state index is 0.449. The van der Waals surface area contributed by atoms with Crippen LogP contribution in [0.2, 0.25) is 0 Å². The van der Waals surface area contributed by atoms with E-state index in [0.717, 1.165) is 11.1 Å². The van der Waals surface area contributed by atoms with Gasteiger partial charge in [-0.3, -0.25) is 0 Å². The molecule has 2 aromatic rings. The van der Waals surface area contributed by atoms with Crippen molar-refractivity contribution in [3.8, 4) is 11.1 Å². The Balaban J connectivity index is 2.89. The van der Waals surface area contributed by atoms with E-state index in [9.17, 15) is 9.79 Å². The molecule has 2 nitrogen and oxygen atoms in total. The molecule has 0 saturated heterocycles. The van der Waals surface area contributed by atoms with Crippen molar-refractivity contribution >= 4 is 12.4 Å². The molecular weight excluding hydrogens is 303 g/mol. The molecule has 0 amide bonds. The molecular formula is C20H27O2P-2. The fourth-order valence-corrected chi connectivity index (χ4v) is 7.87. The van der Waals surface area contributed by atoms with Gasteiger partial charge in [0.2, 0.25) is 0 Å². The van der Waals surface area contributed by atoms with Crippen LogP contribution in [0.15, 0.2) is 54.6 Å². The topological polar surface area (TPSA) is 46.1 Å². The average molecular weight is 330 g/mol. The normalized spacial score (nSPS) is 15.0. The second-order valence-corrected chi connectivity index (χ2v) is 13.3. The molecule has 3 heteroatoms. The van der Waals surface area contributed by atoms with E-state index in [2.05, 4.69) is 0 Å². The van der Waals surface area contributed by atoms with Crippen LogP contribution >= 0.6 is 7.06 Å². The Morgan fingerprint density at radius 3 is 1.57 bits per heavy atom. The van der Waals surface area contributed by atoms with Crippen molar-refractivity contribution in [2.24, 2.45) is 0 Å². The van der Waals surface area contributed by atoms with Crippen molar-refractivity contribution in [2.75, 3.05) is 0 Å². The zero-order chi connectivity index (χ0) is 17.5. The minimum atomic E-state index is -4.76. The zero-order valence-electron chi connectivity index (χ0n) is 15.0. The average Bonchev–Trinajstić information content (AvgIpc) is 2.46. The quantitative estimate of drug-likeness (QED) is 0.789. The van der Waals surface area contributed by atoms with Gasteiger partial charge in [0.15, 0.2) is 0 Å². The Kier molecular flexibility index (Phi) is 4.27. The van der Waals surface area contributed by atoms with Crippen LogP contribution in [0.5, 0.6) is 0 Å². The molecule has 0 radical (unpaired) electrons. The first kappa shape index (κ1) is 18.1. The van der Waals surface area contributed by atoms with Gasteiger partial charge in [-0.2, -0.15) is 0 Å². The maximum absolute atomic E-state index is 14.3. The van der Waals surface area contributed by atoms with Crippen LogP contribution in [-0.2, 0) is 0 Å². The number of rotatable bonds is 2. The van der Waals surface area contributed by atoms with Crippen LogP contribution < -0.4 is 15.1 Å². The monoisotopic (exact) mass is 330 g/mol. The molecule has 0 bridgehead atoms. The van der Waals surface area contributed by atoms with Gasteiger partial charge in [0.25, 0.3) is 0 Å². The molecule has 0 aromatic heterocycles. The molecule has 0 spiro atoms. The Labute approximate surface area is 140 Å². The van der Waals surface area contributed by atoms with Crippen molar-refractivity contribution < 1.29 is 9.79 Å². The van der Waals surface area contributed by atoms with E-state index in [0.29, 0.717) is 5.30 Å². The molecule has 0 aliphatic carbocycles. The molecule has 0 fully saturated rings. The van der Waals surface area contributed by atoms with E-state index in [1.54, 1.807) is 47.6 Å². The van der Waals surface area contributed by atoms with Crippen LogP contribution in [0.4, 0.5) is 0 Å². The van der Waals surface area contributed by atoms with Crippen molar-refractivity contribution in [1.82, 2.24) is 0 Å². The van der Waals surface area contributed by atoms with E-state index in [-0.39, 0.29) is 0 Å². The molecule has 0 atom stereocenters. The Morgan fingerprint density at radius 1 is 0.652 bits per heavy atom. The van der Waals surface area contributed by atoms with Crippen LogP contribution in [0.3, 0.4) is 0 Å². The summed E-state index contributed by atoms with van der Waals surface area (Å²) in [5.74, 6) is 0. The number of hydrogen-bond acceptors (Lipinski definition) is 2. The van der Waals surface area contributed by atoms with Crippen molar-refractivity contribution in [1.29, 1.82) is 0 Å². The van der Waals surface area contributed by atoms with E-state index in [4.69, 9.17) is 0 Å². The van der Waals surface area contributed by atoms with Crippen molar-refractivity contribution in [3.63, 3.8) is 0 Å². The molecule has 0 aliphatic rings. The molecule has 0 N–H and O–H groups in total. The summed E-state index contributed by atoms with van der Waals surface area (Å²) in [6.07, 6.45) is 0. The first-order chi connectivity index (χ1) is 10.4. The van der Waals surface area contributed by atoms with Crippen LogP contribution in [-0.4, -0.2) is 10.3 Å². The number of benzene rings is 2. The first-order valence-electron chi connectivity index (χ1n) is 8.02. The van der Waals surface area contributed by atoms with Gasteiger partial charge in [-0.1, -0.05) is 0 Å². The first-order valence-corrected chi connectivity index (χ1v) is 10.1. The molecule has 126 valence electrons. The van der Waals surface area contributed by atoms with Crippen LogP contribution in [0.1, 0.15) is 41.5 Å². The van der Waals surface area contributed by atoms with E-state index in [1.807, 2.05) is 48.5 Å². The second-order valence-electron chi connectivity index (χ2n) is 8.18. The summed E-state index contributed by atoms with van der Waals surface area (Å²) < 4.78 is 0. The molecule has 2 rings (SSSR count). The van der Waals surface area contributed by atoms with Gasteiger partial charge in [0.1, 0.15) is 0 Å². The van der Waals surface area contributed by atoms with Gasteiger partial charge in [-0.05, 0) is 0 Å². The van der Waals surface area contributed by atoms with Gasteiger partial charge >= 0.3 is 140 Å². The van der Waals surface area contributed by atoms with E-state index in [1.165, 1.54) is 0 Å². The Hall–Kier alpha value is -1.21. The van der Waals surface area contributed by atoms with Gasteiger partial charge in [0, 0.05) is 0 Å². The molecule has 0 unspecified atom stereocenters. The van der Waals surface area contributed by atoms with Gasteiger partial charge < -0.3 is 0 Å². The fraction of sp³-hybridized carbons (Fsp3) is 0.400. The predicted molar refractivity (Wildman–Crippen MR) is 97.9 cm³/mol. The van der Waals surface area contributed by atoms with E-state index < -0.39 is 17.4 Å². The van der Waals surface area contributed by atoms with E-state index >= 15 is 0 Å². The van der Waals surface area contributed by atoms with Gasteiger partial charge in [0.05, 0.1) is 0 Å². The van der Waals surface area contributed by atoms with Gasteiger partial charge in [-0.15, -0.1) is 0 Å². The molecule has 2 aromatic carbocycles. The van der Waals surface area contributed by atoms with Crippen molar-refractivity contribution in [3.05, 3.63) is 54.6 Å². The molecule has 0 saturated carbocycles. The predicted octanol–water partition coefficient (Wildman–Crippen LogP) is 3.68. The summed E-state index contributed by atoms with van der Waals surface area (Å²) in [6, 6.07) is 17.1. The third-order valence-corrected chi connectivity index (χ3v) is 11.0. The SMILES string of the molecule is CC(C)(C)P([O-])([O-])(c1ccccc1-c1ccccc1)C(C)(C)C. The Morgan fingerprint density at radius 2 is 1.09 bits per heavy atom.